The molecule has 6 nitrogen and oxygen atoms in total. The minimum Gasteiger partial charge on any atom is -0.310 e. The highest BCUT2D eigenvalue weighted by molar-refractivity contribution is 5.96. The highest BCUT2D eigenvalue weighted by Crippen LogP contribution is 2.41. The monoisotopic (exact) mass is 463 g/mol. The quantitative estimate of drug-likeness (QED) is 0.553. The number of hydrogen-bond donors (Lipinski definition) is 1. The molecule has 0 spiro atoms. The van der Waals surface area contributed by atoms with E-state index in [0.717, 1.165) is 69.1 Å². The van der Waals surface area contributed by atoms with E-state index in [1.54, 1.807) is 6.07 Å². The summed E-state index contributed by atoms with van der Waals surface area (Å²) in [6.07, 6.45) is 6.79. The smallest absolute Gasteiger partial charge is 0.231 e. The van der Waals surface area contributed by atoms with Gasteiger partial charge in [0.15, 0.2) is 0 Å². The van der Waals surface area contributed by atoms with Gasteiger partial charge in [-0.25, -0.2) is 4.98 Å². The fourth-order valence-electron chi connectivity index (χ4n) is 5.64. The van der Waals surface area contributed by atoms with Crippen LogP contribution < -0.4 is 5.32 Å². The van der Waals surface area contributed by atoms with E-state index >= 15 is 0 Å². The van der Waals surface area contributed by atoms with Gasteiger partial charge in [0.2, 0.25) is 5.91 Å². The Balaban J connectivity index is 1.31. The predicted molar refractivity (Wildman–Crippen MR) is 135 cm³/mol. The maximum atomic E-state index is 13.7. The summed E-state index contributed by atoms with van der Waals surface area (Å²) in [6, 6.07) is 19.7. The minimum atomic E-state index is -0.413. The summed E-state index contributed by atoms with van der Waals surface area (Å²) in [5.74, 6) is 0.482. The number of anilines is 1. The van der Waals surface area contributed by atoms with E-state index in [-0.39, 0.29) is 5.91 Å². The largest absolute Gasteiger partial charge is 0.310 e. The van der Waals surface area contributed by atoms with Gasteiger partial charge in [0.25, 0.3) is 0 Å². The maximum Gasteiger partial charge on any atom is 0.231 e. The normalized spacial score (nSPS) is 17.2. The predicted octanol–water partition coefficient (Wildman–Crippen LogP) is 5.32. The summed E-state index contributed by atoms with van der Waals surface area (Å²) in [7, 11) is 0. The second-order valence-electron chi connectivity index (χ2n) is 9.85. The van der Waals surface area contributed by atoms with Crippen LogP contribution in [-0.4, -0.2) is 28.9 Å². The lowest BCUT2D eigenvalue weighted by atomic mass is 9.71. The Morgan fingerprint density at radius 3 is 2.66 bits per heavy atom. The highest BCUT2D eigenvalue weighted by Gasteiger charge is 2.40. The first kappa shape index (κ1) is 23.0. The molecule has 1 aliphatic carbocycles. The van der Waals surface area contributed by atoms with E-state index in [4.69, 9.17) is 5.26 Å². The van der Waals surface area contributed by atoms with Gasteiger partial charge >= 0.3 is 0 Å². The molecular weight excluding hydrogens is 434 g/mol. The number of nitrogens with one attached hydrogen (secondary N) is 1. The first-order chi connectivity index (χ1) is 17.1. The fourth-order valence-corrected chi connectivity index (χ4v) is 5.64. The zero-order valence-electron chi connectivity index (χ0n) is 19.9. The van der Waals surface area contributed by atoms with Crippen molar-refractivity contribution in [1.29, 1.82) is 10.5 Å². The number of amides is 1. The lowest BCUT2D eigenvalue weighted by molar-refractivity contribution is -0.128. The van der Waals surface area contributed by atoms with Crippen LogP contribution in [0.2, 0.25) is 0 Å². The molecule has 2 aromatic carbocycles. The van der Waals surface area contributed by atoms with E-state index in [1.165, 1.54) is 17.5 Å². The fraction of sp³-hybridized carbons (Fsp3) is 0.379. The molecule has 1 N–H and O–H groups in total. The number of hydrogen-bond acceptors (Lipinski definition) is 5. The van der Waals surface area contributed by atoms with E-state index in [1.807, 2.05) is 36.4 Å². The average molecular weight is 464 g/mol. The van der Waals surface area contributed by atoms with Crippen molar-refractivity contribution in [2.75, 3.05) is 18.4 Å². The molecule has 3 aromatic rings. The zero-order chi connectivity index (χ0) is 24.3. The van der Waals surface area contributed by atoms with Crippen molar-refractivity contribution in [3.05, 3.63) is 70.8 Å². The molecule has 35 heavy (non-hydrogen) atoms. The summed E-state index contributed by atoms with van der Waals surface area (Å²) in [4.78, 5) is 20.7. The number of fused-ring (bicyclic) bond motifs is 2. The van der Waals surface area contributed by atoms with Gasteiger partial charge < -0.3 is 5.32 Å². The minimum absolute atomic E-state index is 0.0277. The molecule has 6 heteroatoms. The molecule has 0 bridgehead atoms. The molecule has 0 radical (unpaired) electrons. The number of benzene rings is 2. The van der Waals surface area contributed by atoms with Gasteiger partial charge in [0.1, 0.15) is 5.82 Å². The summed E-state index contributed by atoms with van der Waals surface area (Å²) in [5, 5.41) is 22.7. The van der Waals surface area contributed by atoms with Crippen molar-refractivity contribution in [3.8, 4) is 12.1 Å². The highest BCUT2D eigenvalue weighted by atomic mass is 16.2. The molecule has 1 saturated carbocycles. The van der Waals surface area contributed by atoms with Gasteiger partial charge in [0, 0.05) is 18.5 Å². The zero-order valence-corrected chi connectivity index (χ0v) is 19.9. The number of rotatable bonds is 5. The summed E-state index contributed by atoms with van der Waals surface area (Å²) in [6.45, 7) is 2.66. The van der Waals surface area contributed by atoms with Crippen molar-refractivity contribution < 1.29 is 4.79 Å². The lowest BCUT2D eigenvalue weighted by Gasteiger charge is -2.38. The summed E-state index contributed by atoms with van der Waals surface area (Å²) in [5.41, 5.74) is 4.09. The third kappa shape index (κ3) is 4.76. The van der Waals surface area contributed by atoms with Crippen LogP contribution in [0.5, 0.6) is 0 Å². The topological polar surface area (TPSA) is 92.8 Å². The van der Waals surface area contributed by atoms with E-state index < -0.39 is 5.41 Å². The lowest BCUT2D eigenvalue weighted by Crippen LogP contribution is -2.42. The molecule has 2 aliphatic rings. The summed E-state index contributed by atoms with van der Waals surface area (Å²) < 4.78 is 0. The Morgan fingerprint density at radius 1 is 1.03 bits per heavy atom. The number of nitriles is 2. The summed E-state index contributed by atoms with van der Waals surface area (Å²) >= 11 is 0. The molecule has 2 heterocycles. The molecule has 1 aromatic heterocycles. The van der Waals surface area contributed by atoms with Crippen molar-refractivity contribution in [3.63, 3.8) is 0 Å². The number of aromatic nitrogens is 1. The van der Waals surface area contributed by atoms with E-state index in [0.29, 0.717) is 16.9 Å². The number of carbonyl (C=O) groups excluding carboxylic acids is 1. The van der Waals surface area contributed by atoms with Crippen LogP contribution in [0.25, 0.3) is 10.9 Å². The van der Waals surface area contributed by atoms with Gasteiger partial charge in [-0.1, -0.05) is 43.5 Å². The Morgan fingerprint density at radius 2 is 1.86 bits per heavy atom. The second-order valence-corrected chi connectivity index (χ2v) is 9.85. The number of para-hydroxylation sites is 1. The van der Waals surface area contributed by atoms with Crippen molar-refractivity contribution in [1.82, 2.24) is 9.88 Å². The van der Waals surface area contributed by atoms with E-state index in [2.05, 4.69) is 33.4 Å². The number of carbonyl (C=O) groups is 1. The van der Waals surface area contributed by atoms with Crippen molar-refractivity contribution >= 4 is 22.6 Å². The van der Waals surface area contributed by atoms with Crippen LogP contribution in [0.3, 0.4) is 0 Å². The van der Waals surface area contributed by atoms with Gasteiger partial charge in [-0.05, 0) is 67.6 Å². The Hall–Kier alpha value is -3.74. The van der Waals surface area contributed by atoms with Crippen LogP contribution in [-0.2, 0) is 17.8 Å². The van der Waals surface area contributed by atoms with E-state index in [9.17, 15) is 10.1 Å². The third-order valence-corrected chi connectivity index (χ3v) is 7.70. The first-order valence-corrected chi connectivity index (χ1v) is 12.5. The van der Waals surface area contributed by atoms with Crippen LogP contribution in [0.4, 0.5) is 5.82 Å². The first-order valence-electron chi connectivity index (χ1n) is 12.5. The third-order valence-electron chi connectivity index (χ3n) is 7.70. The van der Waals surface area contributed by atoms with Gasteiger partial charge in [-0.3, -0.25) is 9.69 Å². The van der Waals surface area contributed by atoms with Crippen molar-refractivity contribution in [2.24, 2.45) is 5.41 Å². The van der Waals surface area contributed by atoms with Crippen LogP contribution in [0.15, 0.2) is 48.5 Å². The molecule has 0 saturated heterocycles. The second kappa shape index (κ2) is 9.86. The molecule has 1 aliphatic heterocycles. The maximum absolute atomic E-state index is 13.7. The number of pyridine rings is 1. The Labute approximate surface area is 206 Å². The standard InChI is InChI=1S/C29H29N5O/c30-18-21-8-9-23-20-34(14-10-22(23)16-21)15-13-29(11-4-1-5-12-29)28(35)33-27-17-24(19-31)25-6-2-3-7-26(25)32-27/h2-3,6-9,16-17H,1,4-5,10-15,20H2,(H,32,33,35). The molecule has 1 fully saturated rings. The molecule has 0 atom stereocenters. The van der Waals surface area contributed by atoms with Gasteiger partial charge in [-0.2, -0.15) is 10.5 Å². The Kier molecular flexibility index (Phi) is 6.49. The van der Waals surface area contributed by atoms with Crippen LogP contribution in [0, 0.1) is 28.1 Å². The molecule has 0 unspecified atom stereocenters. The van der Waals surface area contributed by atoms with Crippen LogP contribution in [0.1, 0.15) is 60.8 Å². The molecular formula is C29H29N5O. The molecule has 5 rings (SSSR count). The number of nitrogens with zero attached hydrogens (tertiary/aromatic N) is 4. The molecule has 1 amide bonds. The SMILES string of the molecule is N#Cc1ccc2c(c1)CCN(CCC1(C(=O)Nc3cc(C#N)c4ccccc4n3)CCCCC1)C2. The van der Waals surface area contributed by atoms with Crippen LogP contribution >= 0.6 is 0 Å². The van der Waals surface area contributed by atoms with Crippen molar-refractivity contribution in [2.45, 2.75) is 51.5 Å². The Bertz CT molecular complexity index is 1340. The average Bonchev–Trinajstić information content (AvgIpc) is 2.91. The van der Waals surface area contributed by atoms with Gasteiger partial charge in [0.05, 0.1) is 34.2 Å². The molecule has 176 valence electrons. The van der Waals surface area contributed by atoms with Gasteiger partial charge in [-0.15, -0.1) is 0 Å².